The first-order valence-corrected chi connectivity index (χ1v) is 8.51. The maximum atomic E-state index is 12.8. The molecule has 26 heavy (non-hydrogen) atoms. The molecule has 0 N–H and O–H groups in total. The highest BCUT2D eigenvalue weighted by molar-refractivity contribution is 5.94. The lowest BCUT2D eigenvalue weighted by Gasteiger charge is -2.36. The molecule has 1 amide bonds. The van der Waals surface area contributed by atoms with Crippen molar-refractivity contribution in [3.05, 3.63) is 47.9 Å². The van der Waals surface area contributed by atoms with Gasteiger partial charge >= 0.3 is 0 Å². The van der Waals surface area contributed by atoms with Crippen LogP contribution in [0.3, 0.4) is 0 Å². The van der Waals surface area contributed by atoms with Crippen molar-refractivity contribution in [3.8, 4) is 5.75 Å². The highest BCUT2D eigenvalue weighted by atomic mass is 16.5. The maximum Gasteiger partial charge on any atom is 0.254 e. The number of carbonyl (C=O) groups is 1. The Kier molecular flexibility index (Phi) is 4.16. The van der Waals surface area contributed by atoms with E-state index < -0.39 is 0 Å². The Morgan fingerprint density at radius 2 is 1.96 bits per heavy atom. The van der Waals surface area contributed by atoms with Crippen LogP contribution in [-0.2, 0) is 0 Å². The highest BCUT2D eigenvalue weighted by Gasteiger charge is 2.24. The molecule has 0 spiro atoms. The summed E-state index contributed by atoms with van der Waals surface area (Å²) in [6.07, 6.45) is 1.51. The van der Waals surface area contributed by atoms with Gasteiger partial charge in [-0.05, 0) is 25.1 Å². The molecule has 1 fully saturated rings. The number of carbonyl (C=O) groups excluding carboxylic acids is 1. The summed E-state index contributed by atoms with van der Waals surface area (Å²) in [7, 11) is 1.60. The van der Waals surface area contributed by atoms with E-state index in [4.69, 9.17) is 4.74 Å². The molecule has 0 saturated carbocycles. The number of hydrogen-bond donors (Lipinski definition) is 0. The molecule has 2 aromatic heterocycles. The summed E-state index contributed by atoms with van der Waals surface area (Å²) < 4.78 is 6.95. The fourth-order valence-corrected chi connectivity index (χ4v) is 3.21. The van der Waals surface area contributed by atoms with Crippen LogP contribution in [0.5, 0.6) is 5.75 Å². The fraction of sp³-hybridized carbons (Fsp3) is 0.333. The lowest BCUT2D eigenvalue weighted by Crippen LogP contribution is -2.49. The molecule has 1 aliphatic heterocycles. The van der Waals surface area contributed by atoms with Gasteiger partial charge in [0.05, 0.1) is 7.11 Å². The number of amides is 1. The van der Waals surface area contributed by atoms with E-state index in [-0.39, 0.29) is 5.91 Å². The number of aromatic nitrogens is 4. The quantitative estimate of drug-likeness (QED) is 0.709. The summed E-state index contributed by atoms with van der Waals surface area (Å²) in [5.41, 5.74) is 1.55. The zero-order valence-corrected chi connectivity index (χ0v) is 14.8. The summed E-state index contributed by atoms with van der Waals surface area (Å²) >= 11 is 0. The number of piperazine rings is 1. The molecule has 8 nitrogen and oxygen atoms in total. The van der Waals surface area contributed by atoms with Gasteiger partial charge in [-0.3, -0.25) is 4.79 Å². The van der Waals surface area contributed by atoms with E-state index in [2.05, 4.69) is 20.0 Å². The predicted molar refractivity (Wildman–Crippen MR) is 96.6 cm³/mol. The van der Waals surface area contributed by atoms with Gasteiger partial charge in [0.2, 0.25) is 0 Å². The third-order valence-electron chi connectivity index (χ3n) is 4.57. The van der Waals surface area contributed by atoms with E-state index in [9.17, 15) is 4.79 Å². The number of aryl methyl sites for hydroxylation is 1. The molecule has 0 atom stereocenters. The number of hydrogen-bond acceptors (Lipinski definition) is 6. The Morgan fingerprint density at radius 3 is 2.73 bits per heavy atom. The molecule has 0 bridgehead atoms. The van der Waals surface area contributed by atoms with E-state index in [1.165, 1.54) is 6.33 Å². The third-order valence-corrected chi connectivity index (χ3v) is 4.57. The van der Waals surface area contributed by atoms with Gasteiger partial charge < -0.3 is 14.5 Å². The van der Waals surface area contributed by atoms with Gasteiger partial charge in [0.15, 0.2) is 0 Å². The van der Waals surface area contributed by atoms with E-state index >= 15 is 0 Å². The standard InChI is InChI=1S/C18H20N6O2/c1-13-10-16(24-18(21-13)19-12-20-24)22-6-8-23(9-7-22)17(25)14-4-3-5-15(11-14)26-2/h3-5,10-12H,6-9H2,1-2H3. The van der Waals surface area contributed by atoms with Crippen molar-refractivity contribution in [2.24, 2.45) is 0 Å². The molecule has 134 valence electrons. The molecule has 1 saturated heterocycles. The van der Waals surface area contributed by atoms with Gasteiger partial charge in [0, 0.05) is 43.5 Å². The largest absolute Gasteiger partial charge is 0.497 e. The second kappa shape index (κ2) is 6.62. The number of methoxy groups -OCH3 is 1. The Balaban J connectivity index is 1.50. The molecule has 0 unspecified atom stereocenters. The summed E-state index contributed by atoms with van der Waals surface area (Å²) in [6, 6.07) is 9.27. The second-order valence-corrected chi connectivity index (χ2v) is 6.24. The Hall–Kier alpha value is -3.16. The monoisotopic (exact) mass is 352 g/mol. The molecular weight excluding hydrogens is 332 g/mol. The minimum atomic E-state index is 0.0281. The summed E-state index contributed by atoms with van der Waals surface area (Å²) in [5, 5.41) is 4.26. The van der Waals surface area contributed by atoms with Crippen molar-refractivity contribution >= 4 is 17.5 Å². The van der Waals surface area contributed by atoms with Crippen molar-refractivity contribution in [2.75, 3.05) is 38.2 Å². The minimum Gasteiger partial charge on any atom is -0.497 e. The molecule has 3 aromatic rings. The van der Waals surface area contributed by atoms with Crippen molar-refractivity contribution in [2.45, 2.75) is 6.92 Å². The first kappa shape index (κ1) is 16.3. The molecule has 4 rings (SSSR count). The van der Waals surface area contributed by atoms with Crippen molar-refractivity contribution in [1.82, 2.24) is 24.5 Å². The van der Waals surface area contributed by atoms with E-state index in [1.807, 2.05) is 36.1 Å². The van der Waals surface area contributed by atoms with Crippen LogP contribution in [0.2, 0.25) is 0 Å². The van der Waals surface area contributed by atoms with Gasteiger partial charge in [-0.25, -0.2) is 4.98 Å². The smallest absolute Gasteiger partial charge is 0.254 e. The van der Waals surface area contributed by atoms with Gasteiger partial charge in [-0.2, -0.15) is 14.6 Å². The predicted octanol–water partition coefficient (Wildman–Crippen LogP) is 1.40. The number of fused-ring (bicyclic) bond motifs is 1. The Morgan fingerprint density at radius 1 is 1.15 bits per heavy atom. The minimum absolute atomic E-state index is 0.0281. The lowest BCUT2D eigenvalue weighted by atomic mass is 10.1. The summed E-state index contributed by atoms with van der Waals surface area (Å²) in [4.78, 5) is 25.4. The molecular formula is C18H20N6O2. The van der Waals surface area contributed by atoms with Crippen LogP contribution in [0.1, 0.15) is 16.1 Å². The van der Waals surface area contributed by atoms with E-state index in [1.54, 1.807) is 17.7 Å². The third kappa shape index (κ3) is 2.94. The van der Waals surface area contributed by atoms with Gasteiger partial charge in [-0.1, -0.05) is 6.07 Å². The zero-order valence-electron chi connectivity index (χ0n) is 14.8. The average Bonchev–Trinajstić information content (AvgIpc) is 3.15. The average molecular weight is 352 g/mol. The van der Waals surface area contributed by atoms with E-state index in [0.29, 0.717) is 30.2 Å². The van der Waals surface area contributed by atoms with Crippen molar-refractivity contribution in [1.29, 1.82) is 0 Å². The number of ether oxygens (including phenoxy) is 1. The molecule has 8 heteroatoms. The van der Waals surface area contributed by atoms with Crippen LogP contribution in [0.4, 0.5) is 5.82 Å². The molecule has 0 radical (unpaired) electrons. The van der Waals surface area contributed by atoms with Crippen LogP contribution >= 0.6 is 0 Å². The number of rotatable bonds is 3. The second-order valence-electron chi connectivity index (χ2n) is 6.24. The Bertz CT molecular complexity index is 946. The van der Waals surface area contributed by atoms with Crippen LogP contribution in [0.15, 0.2) is 36.7 Å². The summed E-state index contributed by atoms with van der Waals surface area (Å²) in [6.45, 7) is 4.70. The maximum absolute atomic E-state index is 12.8. The van der Waals surface area contributed by atoms with Crippen LogP contribution < -0.4 is 9.64 Å². The lowest BCUT2D eigenvalue weighted by molar-refractivity contribution is 0.0746. The Labute approximate surface area is 151 Å². The van der Waals surface area contributed by atoms with Gasteiger partial charge in [0.1, 0.15) is 17.9 Å². The number of nitrogens with zero attached hydrogens (tertiary/aromatic N) is 6. The normalized spacial score (nSPS) is 14.7. The van der Waals surface area contributed by atoms with Crippen LogP contribution in [0.25, 0.3) is 5.78 Å². The van der Waals surface area contributed by atoms with Crippen LogP contribution in [0, 0.1) is 6.92 Å². The topological polar surface area (TPSA) is 75.9 Å². The molecule has 1 aromatic carbocycles. The van der Waals surface area contributed by atoms with Gasteiger partial charge in [-0.15, -0.1) is 0 Å². The van der Waals surface area contributed by atoms with Crippen molar-refractivity contribution in [3.63, 3.8) is 0 Å². The fourth-order valence-electron chi connectivity index (χ4n) is 3.21. The molecule has 0 aliphatic carbocycles. The molecule has 3 heterocycles. The molecule has 1 aliphatic rings. The highest BCUT2D eigenvalue weighted by Crippen LogP contribution is 2.20. The number of anilines is 1. The summed E-state index contributed by atoms with van der Waals surface area (Å²) in [5.74, 6) is 2.27. The van der Waals surface area contributed by atoms with Crippen molar-refractivity contribution < 1.29 is 9.53 Å². The van der Waals surface area contributed by atoms with Crippen LogP contribution in [-0.4, -0.2) is 63.7 Å². The zero-order chi connectivity index (χ0) is 18.1. The number of benzene rings is 1. The van der Waals surface area contributed by atoms with Gasteiger partial charge in [0.25, 0.3) is 11.7 Å². The van der Waals surface area contributed by atoms with E-state index in [0.717, 1.165) is 24.6 Å². The first-order chi connectivity index (χ1) is 12.7. The SMILES string of the molecule is COc1cccc(C(=O)N2CCN(c3cc(C)nc4ncnn34)CC2)c1. The first-order valence-electron chi connectivity index (χ1n) is 8.51.